The van der Waals surface area contributed by atoms with Crippen LogP contribution in [0.4, 0.5) is 5.95 Å². The van der Waals surface area contributed by atoms with Gasteiger partial charge in [-0.3, -0.25) is 4.79 Å². The fraction of sp³-hybridized carbons (Fsp3) is 0.500. The van der Waals surface area contributed by atoms with Crippen LogP contribution in [0.3, 0.4) is 0 Å². The molecular weight excluding hydrogens is 232 g/mol. The quantitative estimate of drug-likeness (QED) is 0.737. The molecule has 1 aromatic heterocycles. The van der Waals surface area contributed by atoms with Crippen LogP contribution in [0.1, 0.15) is 18.3 Å². The van der Waals surface area contributed by atoms with Crippen LogP contribution in [0.25, 0.3) is 0 Å². The summed E-state index contributed by atoms with van der Waals surface area (Å²) in [5, 5.41) is 8.84. The van der Waals surface area contributed by atoms with Gasteiger partial charge in [0.25, 0.3) is 0 Å². The number of rotatable bonds is 4. The lowest BCUT2D eigenvalue weighted by molar-refractivity contribution is -0.144. The number of aromatic nitrogens is 2. The van der Waals surface area contributed by atoms with E-state index >= 15 is 0 Å². The van der Waals surface area contributed by atoms with Gasteiger partial charge in [0.05, 0.1) is 13.0 Å². The summed E-state index contributed by atoms with van der Waals surface area (Å²) in [5.74, 6) is -0.132. The van der Waals surface area contributed by atoms with Gasteiger partial charge < -0.3 is 9.64 Å². The molecule has 0 radical (unpaired) electrons. The lowest BCUT2D eigenvalue weighted by atomic mass is 10.2. The van der Waals surface area contributed by atoms with Crippen molar-refractivity contribution in [3.05, 3.63) is 17.5 Å². The summed E-state index contributed by atoms with van der Waals surface area (Å²) < 4.78 is 4.66. The highest BCUT2D eigenvalue weighted by molar-refractivity contribution is 5.72. The zero-order valence-electron chi connectivity index (χ0n) is 11.0. The highest BCUT2D eigenvalue weighted by atomic mass is 16.5. The maximum Gasteiger partial charge on any atom is 0.310 e. The number of hydrogen-bond donors (Lipinski definition) is 0. The summed E-state index contributed by atoms with van der Waals surface area (Å²) in [6, 6.07) is 3.59. The number of carbonyl (C=O) groups is 1. The maximum absolute atomic E-state index is 11.3. The molecule has 0 spiro atoms. The van der Waals surface area contributed by atoms with Crippen LogP contribution in [0.2, 0.25) is 0 Å². The van der Waals surface area contributed by atoms with Gasteiger partial charge in [0.2, 0.25) is 5.95 Å². The number of nitriles is 1. The highest BCUT2D eigenvalue weighted by Crippen LogP contribution is 2.11. The topological polar surface area (TPSA) is 79.1 Å². The van der Waals surface area contributed by atoms with Crippen LogP contribution in [-0.2, 0) is 9.53 Å². The van der Waals surface area contributed by atoms with Gasteiger partial charge in [0.1, 0.15) is 11.8 Å². The standard InChI is InChI=1S/C12H16N4O2/c1-8(11(17)18-4)7-16(3)12-14-9(2)5-10(6-13)15-12/h5,8H,7H2,1-4H3. The second kappa shape index (κ2) is 5.96. The van der Waals surface area contributed by atoms with E-state index in [9.17, 15) is 4.79 Å². The molecule has 0 N–H and O–H groups in total. The molecule has 6 heteroatoms. The summed E-state index contributed by atoms with van der Waals surface area (Å²) in [4.78, 5) is 21.4. The molecule has 1 unspecified atom stereocenters. The van der Waals surface area contributed by atoms with E-state index in [0.717, 1.165) is 0 Å². The van der Waals surface area contributed by atoms with E-state index in [-0.39, 0.29) is 11.9 Å². The SMILES string of the molecule is COC(=O)C(C)CN(C)c1nc(C)cc(C#N)n1. The Morgan fingerprint density at radius 1 is 1.61 bits per heavy atom. The summed E-state index contributed by atoms with van der Waals surface area (Å²) >= 11 is 0. The van der Waals surface area contributed by atoms with Crippen molar-refractivity contribution in [3.8, 4) is 6.07 Å². The van der Waals surface area contributed by atoms with Gasteiger partial charge in [-0.1, -0.05) is 6.92 Å². The molecule has 1 aromatic rings. The van der Waals surface area contributed by atoms with Gasteiger partial charge in [0, 0.05) is 19.3 Å². The van der Waals surface area contributed by atoms with Crippen molar-refractivity contribution < 1.29 is 9.53 Å². The van der Waals surface area contributed by atoms with Crippen LogP contribution in [0.5, 0.6) is 0 Å². The first-order chi connectivity index (χ1) is 8.47. The summed E-state index contributed by atoms with van der Waals surface area (Å²) in [6.45, 7) is 3.99. The van der Waals surface area contributed by atoms with Crippen molar-refractivity contribution in [3.63, 3.8) is 0 Å². The lowest BCUT2D eigenvalue weighted by Crippen LogP contribution is -2.30. The second-order valence-corrected chi connectivity index (χ2v) is 4.11. The third kappa shape index (κ3) is 3.42. The minimum absolute atomic E-state index is 0.282. The van der Waals surface area contributed by atoms with Crippen LogP contribution >= 0.6 is 0 Å². The van der Waals surface area contributed by atoms with E-state index in [1.165, 1.54) is 7.11 Å². The summed E-state index contributed by atoms with van der Waals surface area (Å²) in [5.41, 5.74) is 1.03. The predicted octanol–water partition coefficient (Wildman–Crippen LogP) is 0.902. The number of esters is 1. The Morgan fingerprint density at radius 2 is 2.28 bits per heavy atom. The maximum atomic E-state index is 11.3. The normalized spacial score (nSPS) is 11.5. The Labute approximate surface area is 106 Å². The summed E-state index contributed by atoms with van der Waals surface area (Å²) in [7, 11) is 3.13. The van der Waals surface area contributed by atoms with Crippen LogP contribution in [0.15, 0.2) is 6.07 Å². The van der Waals surface area contributed by atoms with Crippen molar-refractivity contribution in [1.29, 1.82) is 5.26 Å². The first kappa shape index (κ1) is 13.9. The van der Waals surface area contributed by atoms with Crippen LogP contribution in [0, 0.1) is 24.2 Å². The van der Waals surface area contributed by atoms with Gasteiger partial charge in [-0.05, 0) is 13.0 Å². The number of hydrogen-bond acceptors (Lipinski definition) is 6. The van der Waals surface area contributed by atoms with E-state index in [1.807, 2.05) is 6.07 Å². The van der Waals surface area contributed by atoms with E-state index in [0.29, 0.717) is 23.9 Å². The molecular formula is C12H16N4O2. The van der Waals surface area contributed by atoms with Crippen LogP contribution < -0.4 is 4.90 Å². The molecule has 1 heterocycles. The third-order valence-electron chi connectivity index (χ3n) is 2.45. The van der Waals surface area contributed by atoms with Gasteiger partial charge in [-0.2, -0.15) is 5.26 Å². The number of methoxy groups -OCH3 is 1. The van der Waals surface area contributed by atoms with E-state index in [4.69, 9.17) is 5.26 Å². The minimum Gasteiger partial charge on any atom is -0.469 e. The van der Waals surface area contributed by atoms with Gasteiger partial charge in [0.15, 0.2) is 0 Å². The molecule has 1 atom stereocenters. The second-order valence-electron chi connectivity index (χ2n) is 4.11. The summed E-state index contributed by atoms with van der Waals surface area (Å²) in [6.07, 6.45) is 0. The highest BCUT2D eigenvalue weighted by Gasteiger charge is 2.17. The fourth-order valence-electron chi connectivity index (χ4n) is 1.55. The Hall–Kier alpha value is -2.16. The smallest absolute Gasteiger partial charge is 0.310 e. The Kier molecular flexibility index (Phi) is 4.60. The van der Waals surface area contributed by atoms with Gasteiger partial charge in [-0.15, -0.1) is 0 Å². The Bertz CT molecular complexity index is 481. The molecule has 18 heavy (non-hydrogen) atoms. The van der Waals surface area contributed by atoms with E-state index < -0.39 is 0 Å². The molecule has 0 saturated heterocycles. The largest absolute Gasteiger partial charge is 0.469 e. The van der Waals surface area contributed by atoms with Gasteiger partial charge >= 0.3 is 5.97 Å². The van der Waals surface area contributed by atoms with E-state index in [1.54, 1.807) is 31.9 Å². The lowest BCUT2D eigenvalue weighted by Gasteiger charge is -2.20. The molecule has 0 aliphatic carbocycles. The molecule has 0 aliphatic heterocycles. The van der Waals surface area contributed by atoms with E-state index in [2.05, 4.69) is 14.7 Å². The number of aryl methyl sites for hydroxylation is 1. The molecule has 6 nitrogen and oxygen atoms in total. The predicted molar refractivity (Wildman–Crippen MR) is 65.9 cm³/mol. The van der Waals surface area contributed by atoms with Crippen molar-refractivity contribution >= 4 is 11.9 Å². The molecule has 1 rings (SSSR count). The van der Waals surface area contributed by atoms with Crippen molar-refractivity contribution in [1.82, 2.24) is 9.97 Å². The Balaban J connectivity index is 2.84. The fourth-order valence-corrected chi connectivity index (χ4v) is 1.55. The Morgan fingerprint density at radius 3 is 2.83 bits per heavy atom. The molecule has 0 bridgehead atoms. The molecule has 0 saturated carbocycles. The number of nitrogens with zero attached hydrogens (tertiary/aromatic N) is 4. The molecule has 96 valence electrons. The van der Waals surface area contributed by atoms with Crippen molar-refractivity contribution in [2.45, 2.75) is 13.8 Å². The van der Waals surface area contributed by atoms with Gasteiger partial charge in [-0.25, -0.2) is 9.97 Å². The molecule has 0 amide bonds. The first-order valence-electron chi connectivity index (χ1n) is 5.52. The zero-order chi connectivity index (χ0) is 13.7. The number of anilines is 1. The molecule has 0 aliphatic rings. The van der Waals surface area contributed by atoms with Crippen molar-refractivity contribution in [2.24, 2.45) is 5.92 Å². The average Bonchev–Trinajstić information content (AvgIpc) is 2.36. The molecule has 0 fully saturated rings. The average molecular weight is 248 g/mol. The minimum atomic E-state index is -0.283. The van der Waals surface area contributed by atoms with Crippen LogP contribution in [-0.4, -0.2) is 36.6 Å². The zero-order valence-corrected chi connectivity index (χ0v) is 11.0. The number of ether oxygens (including phenoxy) is 1. The molecule has 0 aromatic carbocycles. The number of carbonyl (C=O) groups excluding carboxylic acids is 1. The third-order valence-corrected chi connectivity index (χ3v) is 2.45. The first-order valence-corrected chi connectivity index (χ1v) is 5.52. The van der Waals surface area contributed by atoms with Crippen molar-refractivity contribution in [2.75, 3.05) is 25.6 Å². The monoisotopic (exact) mass is 248 g/mol.